The highest BCUT2D eigenvalue weighted by atomic mass is 35.5. The summed E-state index contributed by atoms with van der Waals surface area (Å²) in [4.78, 5) is 40.7. The Morgan fingerprint density at radius 2 is 1.68 bits per heavy atom. The lowest BCUT2D eigenvalue weighted by Gasteiger charge is -2.48. The lowest BCUT2D eigenvalue weighted by atomic mass is 9.85. The molecular formula is C23H31ClN4O3. The Morgan fingerprint density at radius 1 is 1.00 bits per heavy atom. The van der Waals surface area contributed by atoms with Crippen LogP contribution in [0.25, 0.3) is 0 Å². The van der Waals surface area contributed by atoms with Crippen LogP contribution in [0.4, 0.5) is 10.5 Å². The fourth-order valence-corrected chi connectivity index (χ4v) is 5.28. The summed E-state index contributed by atoms with van der Waals surface area (Å²) in [5.74, 6) is -0.541. The van der Waals surface area contributed by atoms with E-state index in [9.17, 15) is 14.4 Å². The molecule has 3 fully saturated rings. The van der Waals surface area contributed by atoms with E-state index in [0.29, 0.717) is 10.7 Å². The molecule has 2 saturated carbocycles. The van der Waals surface area contributed by atoms with Crippen molar-refractivity contribution in [3.8, 4) is 0 Å². The molecule has 31 heavy (non-hydrogen) atoms. The molecule has 0 bridgehead atoms. The van der Waals surface area contributed by atoms with Gasteiger partial charge in [-0.2, -0.15) is 0 Å². The third kappa shape index (κ3) is 5.32. The van der Waals surface area contributed by atoms with Crippen LogP contribution in [0, 0.1) is 0 Å². The van der Waals surface area contributed by atoms with Crippen LogP contribution in [-0.2, 0) is 9.59 Å². The number of carbonyl (C=O) groups is 3. The van der Waals surface area contributed by atoms with Crippen LogP contribution in [0.1, 0.15) is 64.2 Å². The van der Waals surface area contributed by atoms with Crippen molar-refractivity contribution in [3.05, 3.63) is 29.3 Å². The molecule has 7 nitrogen and oxygen atoms in total. The number of nitrogens with one attached hydrogen (secondary N) is 3. The van der Waals surface area contributed by atoms with Gasteiger partial charge in [-0.3, -0.25) is 9.59 Å². The second-order valence-electron chi connectivity index (χ2n) is 8.93. The van der Waals surface area contributed by atoms with E-state index in [1.807, 2.05) is 0 Å². The zero-order valence-corrected chi connectivity index (χ0v) is 18.5. The second kappa shape index (κ2) is 9.90. The minimum absolute atomic E-state index is 0.0334. The van der Waals surface area contributed by atoms with Gasteiger partial charge in [0.15, 0.2) is 0 Å². The molecule has 3 atom stereocenters. The van der Waals surface area contributed by atoms with Crippen molar-refractivity contribution in [2.45, 2.75) is 88.4 Å². The first-order valence-electron chi connectivity index (χ1n) is 11.5. The maximum Gasteiger partial charge on any atom is 0.318 e. The van der Waals surface area contributed by atoms with Crippen molar-refractivity contribution >= 4 is 35.1 Å². The van der Waals surface area contributed by atoms with Crippen LogP contribution in [0.15, 0.2) is 24.3 Å². The van der Waals surface area contributed by atoms with Gasteiger partial charge in [0.1, 0.15) is 6.04 Å². The lowest BCUT2D eigenvalue weighted by molar-refractivity contribution is -0.135. The van der Waals surface area contributed by atoms with Crippen molar-refractivity contribution in [2.24, 2.45) is 0 Å². The van der Waals surface area contributed by atoms with Crippen LogP contribution in [0.2, 0.25) is 5.02 Å². The molecule has 4 amide bonds. The summed E-state index contributed by atoms with van der Waals surface area (Å²) in [6.07, 6.45) is 9.09. The lowest BCUT2D eigenvalue weighted by Crippen LogP contribution is -2.69. The quantitative estimate of drug-likeness (QED) is 0.656. The third-order valence-electron chi connectivity index (χ3n) is 6.73. The van der Waals surface area contributed by atoms with Gasteiger partial charge in [-0.15, -0.1) is 0 Å². The first-order valence-corrected chi connectivity index (χ1v) is 11.8. The van der Waals surface area contributed by atoms with Crippen LogP contribution < -0.4 is 16.0 Å². The Morgan fingerprint density at radius 3 is 2.42 bits per heavy atom. The summed E-state index contributed by atoms with van der Waals surface area (Å²) in [6.45, 7) is 0. The number of urea groups is 1. The Balaban J connectivity index is 1.49. The molecule has 1 saturated heterocycles. The first kappa shape index (κ1) is 21.9. The highest BCUT2D eigenvalue weighted by Gasteiger charge is 2.46. The third-order valence-corrected chi connectivity index (χ3v) is 6.98. The molecule has 3 N–H and O–H groups in total. The van der Waals surface area contributed by atoms with Gasteiger partial charge in [0.05, 0.1) is 12.5 Å². The monoisotopic (exact) mass is 446 g/mol. The molecule has 1 aromatic carbocycles. The summed E-state index contributed by atoms with van der Waals surface area (Å²) in [6, 6.07) is 5.85. The van der Waals surface area contributed by atoms with Crippen molar-refractivity contribution < 1.29 is 14.4 Å². The zero-order chi connectivity index (χ0) is 21.8. The van der Waals surface area contributed by atoms with Crippen LogP contribution in [0.5, 0.6) is 0 Å². The predicted octanol–water partition coefficient (Wildman–Crippen LogP) is 3.82. The van der Waals surface area contributed by atoms with Gasteiger partial charge in [-0.25, -0.2) is 4.79 Å². The highest BCUT2D eigenvalue weighted by Crippen LogP contribution is 2.30. The zero-order valence-electron chi connectivity index (χ0n) is 17.7. The van der Waals surface area contributed by atoms with E-state index in [1.165, 1.54) is 6.42 Å². The molecule has 1 aliphatic heterocycles. The SMILES string of the molecule is O=C(CC1C(=O)NC2CCCCC2N1C(=O)NC1CCCCC1)Nc1ccc(Cl)cc1. The molecule has 3 aliphatic rings. The number of carbonyl (C=O) groups excluding carboxylic acids is 3. The van der Waals surface area contributed by atoms with Crippen molar-refractivity contribution in [1.29, 1.82) is 0 Å². The molecule has 168 valence electrons. The van der Waals surface area contributed by atoms with E-state index < -0.39 is 6.04 Å². The summed E-state index contributed by atoms with van der Waals surface area (Å²) in [7, 11) is 0. The van der Waals surface area contributed by atoms with Gasteiger partial charge in [0.25, 0.3) is 0 Å². The van der Waals surface area contributed by atoms with Gasteiger partial charge in [-0.1, -0.05) is 43.7 Å². The van der Waals surface area contributed by atoms with Crippen LogP contribution >= 0.6 is 11.6 Å². The molecule has 1 heterocycles. The van der Waals surface area contributed by atoms with Gasteiger partial charge >= 0.3 is 6.03 Å². The number of hydrogen-bond donors (Lipinski definition) is 3. The average Bonchev–Trinajstić information content (AvgIpc) is 2.76. The number of halogens is 1. The molecule has 8 heteroatoms. The normalized spacial score (nSPS) is 26.5. The number of nitrogens with zero attached hydrogens (tertiary/aromatic N) is 1. The van der Waals surface area contributed by atoms with Gasteiger partial charge in [0.2, 0.25) is 11.8 Å². The molecular weight excluding hydrogens is 416 g/mol. The topological polar surface area (TPSA) is 90.5 Å². The largest absolute Gasteiger partial charge is 0.349 e. The van der Waals surface area contributed by atoms with Crippen molar-refractivity contribution in [1.82, 2.24) is 15.5 Å². The van der Waals surface area contributed by atoms with E-state index in [1.54, 1.807) is 29.2 Å². The van der Waals surface area contributed by atoms with Gasteiger partial charge < -0.3 is 20.9 Å². The number of hydrogen-bond acceptors (Lipinski definition) is 3. The number of piperazine rings is 1. The Labute approximate surface area is 188 Å². The number of rotatable bonds is 4. The predicted molar refractivity (Wildman–Crippen MR) is 120 cm³/mol. The van der Waals surface area contributed by atoms with Crippen molar-refractivity contribution in [3.63, 3.8) is 0 Å². The van der Waals surface area contributed by atoms with Gasteiger partial charge in [-0.05, 0) is 49.9 Å². The summed E-state index contributed by atoms with van der Waals surface area (Å²) >= 11 is 5.91. The summed E-state index contributed by atoms with van der Waals surface area (Å²) in [5.41, 5.74) is 0.611. The molecule has 0 radical (unpaired) electrons. The number of anilines is 1. The van der Waals surface area contributed by atoms with Crippen molar-refractivity contribution in [2.75, 3.05) is 5.32 Å². The molecule has 1 aromatic rings. The minimum Gasteiger partial charge on any atom is -0.349 e. The maximum absolute atomic E-state index is 13.3. The summed E-state index contributed by atoms with van der Waals surface area (Å²) < 4.78 is 0. The van der Waals surface area contributed by atoms with E-state index >= 15 is 0 Å². The Kier molecular flexibility index (Phi) is 7.00. The van der Waals surface area contributed by atoms with Gasteiger partial charge in [0, 0.05) is 22.8 Å². The number of benzene rings is 1. The second-order valence-corrected chi connectivity index (χ2v) is 9.37. The standard InChI is InChI=1S/C23H31ClN4O3/c24-15-10-12-17(13-11-15)25-21(29)14-20-22(30)27-18-8-4-5-9-19(18)28(20)23(31)26-16-6-2-1-3-7-16/h10-13,16,18-20H,1-9,14H2,(H,25,29)(H,26,31)(H,27,30). The minimum atomic E-state index is -0.810. The number of fused-ring (bicyclic) bond motifs is 1. The maximum atomic E-state index is 13.3. The molecule has 0 aromatic heterocycles. The molecule has 2 aliphatic carbocycles. The molecule has 0 spiro atoms. The van der Waals surface area contributed by atoms with E-state index in [4.69, 9.17) is 11.6 Å². The van der Waals surface area contributed by atoms with Crippen LogP contribution in [-0.4, -0.2) is 46.9 Å². The van der Waals surface area contributed by atoms with E-state index in [2.05, 4.69) is 16.0 Å². The Bertz CT molecular complexity index is 810. The fraction of sp³-hybridized carbons (Fsp3) is 0.609. The fourth-order valence-electron chi connectivity index (χ4n) is 5.15. The van der Waals surface area contributed by atoms with E-state index in [0.717, 1.165) is 51.4 Å². The smallest absolute Gasteiger partial charge is 0.318 e. The molecule has 3 unspecified atom stereocenters. The Hall–Kier alpha value is -2.28. The average molecular weight is 447 g/mol. The van der Waals surface area contributed by atoms with E-state index in [-0.39, 0.29) is 42.4 Å². The van der Waals surface area contributed by atoms with Crippen LogP contribution in [0.3, 0.4) is 0 Å². The molecule has 4 rings (SSSR count). The first-order chi connectivity index (χ1) is 15.0. The number of amides is 4. The highest BCUT2D eigenvalue weighted by molar-refractivity contribution is 6.30. The summed E-state index contributed by atoms with van der Waals surface area (Å²) in [5, 5.41) is 9.63.